The molecule has 17 heavy (non-hydrogen) atoms. The molecular formula is C13H11N3O. The van der Waals surface area contributed by atoms with Crippen LogP contribution in [-0.4, -0.2) is 15.9 Å². The van der Waals surface area contributed by atoms with Crippen LogP contribution in [0.25, 0.3) is 21.8 Å². The van der Waals surface area contributed by atoms with Crippen molar-refractivity contribution in [3.05, 3.63) is 41.7 Å². The minimum absolute atomic E-state index is 0.305. The van der Waals surface area contributed by atoms with Crippen LogP contribution in [0.4, 0.5) is 0 Å². The fourth-order valence-electron chi connectivity index (χ4n) is 2.13. The van der Waals surface area contributed by atoms with Gasteiger partial charge < -0.3 is 10.7 Å². The topological polar surface area (TPSA) is 71.8 Å². The van der Waals surface area contributed by atoms with Gasteiger partial charge in [0.25, 0.3) is 5.91 Å². The van der Waals surface area contributed by atoms with Crippen LogP contribution in [0.3, 0.4) is 0 Å². The summed E-state index contributed by atoms with van der Waals surface area (Å²) >= 11 is 0. The first kappa shape index (κ1) is 9.84. The number of benzene rings is 1. The van der Waals surface area contributed by atoms with Crippen molar-refractivity contribution in [2.24, 2.45) is 5.73 Å². The number of para-hydroxylation sites is 1. The summed E-state index contributed by atoms with van der Waals surface area (Å²) in [4.78, 5) is 18.7. The van der Waals surface area contributed by atoms with Crippen molar-refractivity contribution in [2.75, 3.05) is 0 Å². The highest BCUT2D eigenvalue weighted by Gasteiger charge is 2.11. The molecule has 0 unspecified atom stereocenters. The summed E-state index contributed by atoms with van der Waals surface area (Å²) in [5, 5.41) is 2.07. The van der Waals surface area contributed by atoms with Crippen LogP contribution in [-0.2, 0) is 0 Å². The standard InChI is InChI=1S/C13H11N3O/c1-7-12-9(6-11(15-7)13(14)17)8-4-2-3-5-10(8)16-12/h2-6,16H,1H3,(H2,14,17). The maximum Gasteiger partial charge on any atom is 0.267 e. The van der Waals surface area contributed by atoms with E-state index in [1.165, 1.54) is 0 Å². The molecule has 3 rings (SSSR count). The van der Waals surface area contributed by atoms with Gasteiger partial charge in [0, 0.05) is 16.3 Å². The molecule has 2 aromatic heterocycles. The van der Waals surface area contributed by atoms with Gasteiger partial charge >= 0.3 is 0 Å². The predicted molar refractivity (Wildman–Crippen MR) is 66.9 cm³/mol. The minimum Gasteiger partial charge on any atom is -0.364 e. The average molecular weight is 225 g/mol. The van der Waals surface area contributed by atoms with E-state index >= 15 is 0 Å². The number of carbonyl (C=O) groups is 1. The molecule has 0 radical (unpaired) electrons. The smallest absolute Gasteiger partial charge is 0.267 e. The lowest BCUT2D eigenvalue weighted by molar-refractivity contribution is 0.0995. The Kier molecular flexibility index (Phi) is 1.92. The SMILES string of the molecule is Cc1nc(C(N)=O)cc2c1[nH]c1ccccc12. The summed E-state index contributed by atoms with van der Waals surface area (Å²) in [7, 11) is 0. The van der Waals surface area contributed by atoms with Crippen molar-refractivity contribution < 1.29 is 4.79 Å². The molecule has 4 heteroatoms. The lowest BCUT2D eigenvalue weighted by Crippen LogP contribution is -2.13. The van der Waals surface area contributed by atoms with Gasteiger partial charge in [-0.25, -0.2) is 4.98 Å². The van der Waals surface area contributed by atoms with Crippen molar-refractivity contribution >= 4 is 27.7 Å². The number of rotatable bonds is 1. The number of nitrogens with one attached hydrogen (secondary N) is 1. The number of carbonyl (C=O) groups excluding carboxylic acids is 1. The number of nitrogens with zero attached hydrogens (tertiary/aromatic N) is 1. The van der Waals surface area contributed by atoms with E-state index in [2.05, 4.69) is 9.97 Å². The first-order valence-corrected chi connectivity index (χ1v) is 5.34. The second kappa shape index (κ2) is 3.31. The fraction of sp³-hybridized carbons (Fsp3) is 0.0769. The fourth-order valence-corrected chi connectivity index (χ4v) is 2.13. The quantitative estimate of drug-likeness (QED) is 0.665. The molecule has 0 spiro atoms. The Morgan fingerprint density at radius 3 is 2.82 bits per heavy atom. The number of aromatic nitrogens is 2. The Balaban J connectivity index is 2.50. The molecule has 0 aliphatic carbocycles. The van der Waals surface area contributed by atoms with E-state index in [4.69, 9.17) is 5.73 Å². The van der Waals surface area contributed by atoms with Gasteiger partial charge in [0.2, 0.25) is 0 Å². The number of primary amides is 1. The van der Waals surface area contributed by atoms with Crippen LogP contribution in [0.1, 0.15) is 16.2 Å². The highest BCUT2D eigenvalue weighted by molar-refractivity contribution is 6.09. The van der Waals surface area contributed by atoms with Gasteiger partial charge in [-0.1, -0.05) is 18.2 Å². The molecule has 0 aliphatic rings. The third-order valence-corrected chi connectivity index (χ3v) is 2.93. The minimum atomic E-state index is -0.500. The Hall–Kier alpha value is -2.36. The highest BCUT2D eigenvalue weighted by Crippen LogP contribution is 2.26. The van der Waals surface area contributed by atoms with Gasteiger partial charge in [-0.15, -0.1) is 0 Å². The molecule has 0 saturated carbocycles. The second-order valence-electron chi connectivity index (χ2n) is 4.05. The number of H-pyrrole nitrogens is 1. The number of aryl methyl sites for hydroxylation is 1. The Morgan fingerprint density at radius 2 is 2.06 bits per heavy atom. The average Bonchev–Trinajstić information content (AvgIpc) is 2.68. The first-order chi connectivity index (χ1) is 8.16. The maximum atomic E-state index is 11.2. The second-order valence-corrected chi connectivity index (χ2v) is 4.05. The van der Waals surface area contributed by atoms with E-state index in [1.807, 2.05) is 31.2 Å². The zero-order valence-electron chi connectivity index (χ0n) is 9.32. The van der Waals surface area contributed by atoms with Gasteiger partial charge in [-0.3, -0.25) is 4.79 Å². The molecule has 3 N–H and O–H groups in total. The van der Waals surface area contributed by atoms with E-state index < -0.39 is 5.91 Å². The Morgan fingerprint density at radius 1 is 1.29 bits per heavy atom. The molecule has 84 valence electrons. The number of nitrogens with two attached hydrogens (primary N) is 1. The molecule has 0 saturated heterocycles. The lowest BCUT2D eigenvalue weighted by atomic mass is 10.1. The van der Waals surface area contributed by atoms with E-state index in [1.54, 1.807) is 6.07 Å². The molecule has 0 aliphatic heterocycles. The van der Waals surface area contributed by atoms with Crippen LogP contribution < -0.4 is 5.73 Å². The van der Waals surface area contributed by atoms with Crippen LogP contribution in [0.15, 0.2) is 30.3 Å². The Labute approximate surface area is 97.5 Å². The summed E-state index contributed by atoms with van der Waals surface area (Å²) in [5.74, 6) is -0.500. The van der Waals surface area contributed by atoms with Gasteiger partial charge in [0.05, 0.1) is 11.2 Å². The van der Waals surface area contributed by atoms with Crippen molar-refractivity contribution in [1.82, 2.24) is 9.97 Å². The zero-order valence-corrected chi connectivity index (χ0v) is 9.32. The molecule has 0 bridgehead atoms. The van der Waals surface area contributed by atoms with E-state index in [9.17, 15) is 4.79 Å². The summed E-state index contributed by atoms with van der Waals surface area (Å²) in [5.41, 5.74) is 8.36. The number of hydrogen-bond acceptors (Lipinski definition) is 2. The monoisotopic (exact) mass is 225 g/mol. The third kappa shape index (κ3) is 1.38. The van der Waals surface area contributed by atoms with Crippen LogP contribution in [0.5, 0.6) is 0 Å². The van der Waals surface area contributed by atoms with Crippen molar-refractivity contribution in [3.8, 4) is 0 Å². The maximum absolute atomic E-state index is 11.2. The van der Waals surface area contributed by atoms with Gasteiger partial charge in [0.15, 0.2) is 0 Å². The summed E-state index contributed by atoms with van der Waals surface area (Å²) in [6, 6.07) is 9.69. The molecule has 0 fully saturated rings. The summed E-state index contributed by atoms with van der Waals surface area (Å²) in [6.07, 6.45) is 0. The zero-order chi connectivity index (χ0) is 12.0. The van der Waals surface area contributed by atoms with Crippen molar-refractivity contribution in [1.29, 1.82) is 0 Å². The van der Waals surface area contributed by atoms with Crippen LogP contribution in [0, 0.1) is 6.92 Å². The first-order valence-electron chi connectivity index (χ1n) is 5.34. The molecule has 0 atom stereocenters. The van der Waals surface area contributed by atoms with Crippen molar-refractivity contribution in [3.63, 3.8) is 0 Å². The largest absolute Gasteiger partial charge is 0.364 e. The lowest BCUT2D eigenvalue weighted by Gasteiger charge is -1.99. The third-order valence-electron chi connectivity index (χ3n) is 2.93. The summed E-state index contributed by atoms with van der Waals surface area (Å²) in [6.45, 7) is 1.87. The van der Waals surface area contributed by atoms with Crippen LogP contribution >= 0.6 is 0 Å². The number of amides is 1. The number of hydrogen-bond donors (Lipinski definition) is 2. The molecule has 1 amide bonds. The molecule has 1 aromatic carbocycles. The van der Waals surface area contributed by atoms with Crippen molar-refractivity contribution in [2.45, 2.75) is 6.92 Å². The summed E-state index contributed by atoms with van der Waals surface area (Å²) < 4.78 is 0. The van der Waals surface area contributed by atoms with Crippen LogP contribution in [0.2, 0.25) is 0 Å². The highest BCUT2D eigenvalue weighted by atomic mass is 16.1. The number of pyridine rings is 1. The van der Waals surface area contributed by atoms with Gasteiger partial charge in [-0.05, 0) is 19.1 Å². The van der Waals surface area contributed by atoms with Gasteiger partial charge in [0.1, 0.15) is 5.69 Å². The molecule has 4 nitrogen and oxygen atoms in total. The van der Waals surface area contributed by atoms with E-state index in [0.29, 0.717) is 5.69 Å². The number of fused-ring (bicyclic) bond motifs is 3. The number of aromatic amines is 1. The normalized spacial score (nSPS) is 11.1. The molecule has 2 heterocycles. The molecular weight excluding hydrogens is 214 g/mol. The Bertz CT molecular complexity index is 743. The predicted octanol–water partition coefficient (Wildman–Crippen LogP) is 2.12. The van der Waals surface area contributed by atoms with E-state index in [0.717, 1.165) is 27.5 Å². The van der Waals surface area contributed by atoms with E-state index in [-0.39, 0.29) is 0 Å². The molecule has 3 aromatic rings. The van der Waals surface area contributed by atoms with Gasteiger partial charge in [-0.2, -0.15) is 0 Å².